The molecular formula is C18H16F4N2O2. The van der Waals surface area contributed by atoms with Crippen molar-refractivity contribution >= 4 is 11.8 Å². The van der Waals surface area contributed by atoms with E-state index >= 15 is 0 Å². The Bertz CT molecular complexity index is 792. The van der Waals surface area contributed by atoms with Gasteiger partial charge in [-0.25, -0.2) is 4.39 Å². The molecule has 1 unspecified atom stereocenters. The fourth-order valence-corrected chi connectivity index (χ4v) is 2.42. The van der Waals surface area contributed by atoms with Gasteiger partial charge in [-0.2, -0.15) is 13.2 Å². The number of carbonyl (C=O) groups is 2. The van der Waals surface area contributed by atoms with Crippen molar-refractivity contribution in [3.05, 3.63) is 71.0 Å². The van der Waals surface area contributed by atoms with Crippen LogP contribution in [0.5, 0.6) is 0 Å². The van der Waals surface area contributed by atoms with Crippen molar-refractivity contribution in [1.29, 1.82) is 0 Å². The monoisotopic (exact) mass is 368 g/mol. The highest BCUT2D eigenvalue weighted by Crippen LogP contribution is 2.32. The number of alkyl halides is 3. The van der Waals surface area contributed by atoms with E-state index in [1.807, 2.05) is 0 Å². The van der Waals surface area contributed by atoms with Gasteiger partial charge in [0.05, 0.1) is 11.1 Å². The molecule has 2 aromatic carbocycles. The Hall–Kier alpha value is -2.90. The number of hydrogen-bond acceptors (Lipinski definition) is 2. The fourth-order valence-electron chi connectivity index (χ4n) is 2.42. The Morgan fingerprint density at radius 2 is 1.73 bits per heavy atom. The second-order valence-corrected chi connectivity index (χ2v) is 5.52. The SMILES string of the molecule is CNC(=O)C(Cc1ccccc1)NC(=O)c1ccc(F)cc1C(F)(F)F. The van der Waals surface area contributed by atoms with E-state index in [9.17, 15) is 27.2 Å². The van der Waals surface area contributed by atoms with E-state index in [2.05, 4.69) is 10.6 Å². The molecule has 2 rings (SSSR count). The maximum atomic E-state index is 13.2. The van der Waals surface area contributed by atoms with Crippen molar-refractivity contribution in [2.75, 3.05) is 7.05 Å². The van der Waals surface area contributed by atoms with Gasteiger partial charge in [0.1, 0.15) is 11.9 Å². The normalized spacial score (nSPS) is 12.3. The highest BCUT2D eigenvalue weighted by atomic mass is 19.4. The molecule has 2 N–H and O–H groups in total. The summed E-state index contributed by atoms with van der Waals surface area (Å²) in [6.45, 7) is 0. The van der Waals surface area contributed by atoms with E-state index in [-0.39, 0.29) is 12.5 Å². The standard InChI is InChI=1S/C18H16F4N2O2/c1-23-17(26)15(9-11-5-3-2-4-6-11)24-16(25)13-8-7-12(19)10-14(13)18(20,21)22/h2-8,10,15H,9H2,1H3,(H,23,26)(H,24,25). The molecule has 0 bridgehead atoms. The third-order valence-corrected chi connectivity index (χ3v) is 3.68. The summed E-state index contributed by atoms with van der Waals surface area (Å²) >= 11 is 0. The molecule has 0 aliphatic heterocycles. The van der Waals surface area contributed by atoms with E-state index in [1.165, 1.54) is 7.05 Å². The van der Waals surface area contributed by atoms with Crippen LogP contribution in [0, 0.1) is 5.82 Å². The van der Waals surface area contributed by atoms with Crippen LogP contribution in [0.25, 0.3) is 0 Å². The zero-order chi connectivity index (χ0) is 19.3. The molecule has 138 valence electrons. The summed E-state index contributed by atoms with van der Waals surface area (Å²) in [6, 6.07) is 9.36. The number of rotatable bonds is 5. The number of benzene rings is 2. The first-order valence-electron chi connectivity index (χ1n) is 7.65. The predicted molar refractivity (Wildman–Crippen MR) is 86.9 cm³/mol. The number of carbonyl (C=O) groups excluding carboxylic acids is 2. The Labute approximate surface area is 147 Å². The van der Waals surface area contributed by atoms with Crippen LogP contribution < -0.4 is 10.6 Å². The topological polar surface area (TPSA) is 58.2 Å². The van der Waals surface area contributed by atoms with Gasteiger partial charge in [-0.05, 0) is 23.8 Å². The second kappa shape index (κ2) is 7.99. The van der Waals surface area contributed by atoms with Crippen LogP contribution in [0.15, 0.2) is 48.5 Å². The molecular weight excluding hydrogens is 352 g/mol. The molecule has 2 aromatic rings. The number of likely N-dealkylation sites (N-methyl/N-ethyl adjacent to an activating group) is 1. The van der Waals surface area contributed by atoms with Gasteiger partial charge in [-0.3, -0.25) is 9.59 Å². The van der Waals surface area contributed by atoms with Crippen LogP contribution in [0.4, 0.5) is 17.6 Å². The molecule has 0 saturated carbocycles. The van der Waals surface area contributed by atoms with Gasteiger partial charge in [0.15, 0.2) is 0 Å². The lowest BCUT2D eigenvalue weighted by atomic mass is 10.0. The summed E-state index contributed by atoms with van der Waals surface area (Å²) in [5.74, 6) is -2.78. The molecule has 2 amide bonds. The van der Waals surface area contributed by atoms with E-state index in [0.29, 0.717) is 0 Å². The maximum absolute atomic E-state index is 13.2. The molecule has 0 fully saturated rings. The molecule has 0 radical (unpaired) electrons. The van der Waals surface area contributed by atoms with E-state index in [1.54, 1.807) is 30.3 Å². The van der Waals surface area contributed by atoms with Gasteiger partial charge < -0.3 is 10.6 Å². The molecule has 4 nitrogen and oxygen atoms in total. The number of amides is 2. The van der Waals surface area contributed by atoms with Crippen molar-refractivity contribution in [3.63, 3.8) is 0 Å². The van der Waals surface area contributed by atoms with Crippen molar-refractivity contribution in [2.24, 2.45) is 0 Å². The Balaban J connectivity index is 2.29. The summed E-state index contributed by atoms with van der Waals surface area (Å²) in [4.78, 5) is 24.3. The highest BCUT2D eigenvalue weighted by Gasteiger charge is 2.36. The zero-order valence-electron chi connectivity index (χ0n) is 13.7. The first-order valence-corrected chi connectivity index (χ1v) is 7.65. The first-order chi connectivity index (χ1) is 12.2. The van der Waals surface area contributed by atoms with Crippen LogP contribution in [0.2, 0.25) is 0 Å². The number of nitrogens with one attached hydrogen (secondary N) is 2. The minimum atomic E-state index is -4.91. The molecule has 0 aliphatic carbocycles. The smallest absolute Gasteiger partial charge is 0.357 e. The first kappa shape index (κ1) is 19.4. The summed E-state index contributed by atoms with van der Waals surface area (Å²) in [6.07, 6.45) is -4.81. The Kier molecular flexibility index (Phi) is 5.97. The minimum Gasteiger partial charge on any atom is -0.357 e. The van der Waals surface area contributed by atoms with Gasteiger partial charge in [0.2, 0.25) is 5.91 Å². The lowest BCUT2D eigenvalue weighted by Gasteiger charge is -2.19. The predicted octanol–water partition coefficient (Wildman–Crippen LogP) is 2.93. The third kappa shape index (κ3) is 4.81. The van der Waals surface area contributed by atoms with Gasteiger partial charge in [0, 0.05) is 13.5 Å². The van der Waals surface area contributed by atoms with Crippen molar-refractivity contribution in [3.8, 4) is 0 Å². The van der Waals surface area contributed by atoms with E-state index in [4.69, 9.17) is 0 Å². The molecule has 0 spiro atoms. The second-order valence-electron chi connectivity index (χ2n) is 5.52. The zero-order valence-corrected chi connectivity index (χ0v) is 13.7. The molecule has 0 aromatic heterocycles. The summed E-state index contributed by atoms with van der Waals surface area (Å²) in [5.41, 5.74) is -1.43. The molecule has 26 heavy (non-hydrogen) atoms. The molecule has 8 heteroatoms. The number of hydrogen-bond donors (Lipinski definition) is 2. The third-order valence-electron chi connectivity index (χ3n) is 3.68. The molecule has 1 atom stereocenters. The fraction of sp³-hybridized carbons (Fsp3) is 0.222. The minimum absolute atomic E-state index is 0.0921. The summed E-state index contributed by atoms with van der Waals surface area (Å²) in [5, 5.41) is 4.65. The summed E-state index contributed by atoms with van der Waals surface area (Å²) < 4.78 is 52.4. The average molecular weight is 368 g/mol. The van der Waals surface area contributed by atoms with Crippen LogP contribution in [-0.2, 0) is 17.4 Å². The van der Waals surface area contributed by atoms with Crippen molar-refractivity contribution in [2.45, 2.75) is 18.6 Å². The van der Waals surface area contributed by atoms with Gasteiger partial charge in [0.25, 0.3) is 5.91 Å². The average Bonchev–Trinajstić information content (AvgIpc) is 2.60. The Morgan fingerprint density at radius 1 is 1.08 bits per heavy atom. The molecule has 0 heterocycles. The number of halogens is 4. The van der Waals surface area contributed by atoms with E-state index < -0.39 is 41.0 Å². The van der Waals surface area contributed by atoms with Crippen molar-refractivity contribution in [1.82, 2.24) is 10.6 Å². The van der Waals surface area contributed by atoms with E-state index in [0.717, 1.165) is 17.7 Å². The quantitative estimate of drug-likeness (QED) is 0.798. The maximum Gasteiger partial charge on any atom is 0.417 e. The van der Waals surface area contributed by atoms with Gasteiger partial charge in [-0.1, -0.05) is 30.3 Å². The highest BCUT2D eigenvalue weighted by molar-refractivity contribution is 5.98. The molecule has 0 aliphatic rings. The van der Waals surface area contributed by atoms with Crippen LogP contribution in [0.3, 0.4) is 0 Å². The van der Waals surface area contributed by atoms with Crippen molar-refractivity contribution < 1.29 is 27.2 Å². The molecule has 0 saturated heterocycles. The van der Waals surface area contributed by atoms with Gasteiger partial charge >= 0.3 is 6.18 Å². The van der Waals surface area contributed by atoms with Gasteiger partial charge in [-0.15, -0.1) is 0 Å². The largest absolute Gasteiger partial charge is 0.417 e. The van der Waals surface area contributed by atoms with Crippen LogP contribution in [0.1, 0.15) is 21.5 Å². The van der Waals surface area contributed by atoms with Crippen LogP contribution >= 0.6 is 0 Å². The summed E-state index contributed by atoms with van der Waals surface area (Å²) in [7, 11) is 1.35. The lowest BCUT2D eigenvalue weighted by molar-refractivity contribution is -0.138. The van der Waals surface area contributed by atoms with Crippen LogP contribution in [-0.4, -0.2) is 24.9 Å². The Morgan fingerprint density at radius 3 is 2.31 bits per heavy atom. The lowest BCUT2D eigenvalue weighted by Crippen LogP contribution is -2.47.